The summed E-state index contributed by atoms with van der Waals surface area (Å²) in [7, 11) is 0. The second-order valence-corrected chi connectivity index (χ2v) is 4.81. The molecule has 0 saturated carbocycles. The highest BCUT2D eigenvalue weighted by Crippen LogP contribution is 2.15. The molecule has 0 fully saturated rings. The van der Waals surface area contributed by atoms with Gasteiger partial charge in [0.05, 0.1) is 6.54 Å². The summed E-state index contributed by atoms with van der Waals surface area (Å²) >= 11 is 0. The number of nitrogens with two attached hydrogens (primary N) is 1. The van der Waals surface area contributed by atoms with Gasteiger partial charge in [0.2, 0.25) is 0 Å². The van der Waals surface area contributed by atoms with E-state index >= 15 is 0 Å². The van der Waals surface area contributed by atoms with Crippen molar-refractivity contribution in [3.05, 3.63) is 65.2 Å². The highest BCUT2D eigenvalue weighted by Gasteiger charge is 2.00. The van der Waals surface area contributed by atoms with E-state index < -0.39 is 0 Å². The molecule has 0 unspecified atom stereocenters. The number of hydrogen-bond donors (Lipinski definition) is 2. The first kappa shape index (κ1) is 14.1. The van der Waals surface area contributed by atoms with Crippen LogP contribution in [-0.4, -0.2) is 5.96 Å². The minimum atomic E-state index is 0.444. The molecule has 0 aliphatic rings. The minimum absolute atomic E-state index is 0.444. The number of benzene rings is 2. The third-order valence-electron chi connectivity index (χ3n) is 3.28. The molecule has 0 aliphatic carbocycles. The fourth-order valence-corrected chi connectivity index (χ4v) is 2.08. The molecule has 0 aliphatic heterocycles. The standard InChI is InChI=1S/C17H21N3/c1-3-15-11-16(10-9-13(15)2)20-17(18)19-12-14-7-5-4-6-8-14/h4-11H,3,12H2,1-2H3,(H3,18,19,20). The van der Waals surface area contributed by atoms with E-state index in [1.807, 2.05) is 36.4 Å². The van der Waals surface area contributed by atoms with Crippen LogP contribution in [0.1, 0.15) is 23.6 Å². The van der Waals surface area contributed by atoms with Gasteiger partial charge in [-0.05, 0) is 42.2 Å². The average molecular weight is 267 g/mol. The van der Waals surface area contributed by atoms with Crippen LogP contribution in [0.5, 0.6) is 0 Å². The van der Waals surface area contributed by atoms with Crippen LogP contribution in [0.4, 0.5) is 5.69 Å². The van der Waals surface area contributed by atoms with Crippen LogP contribution in [-0.2, 0) is 13.0 Å². The molecule has 20 heavy (non-hydrogen) atoms. The number of aryl methyl sites for hydroxylation is 2. The van der Waals surface area contributed by atoms with E-state index in [0.717, 1.165) is 17.7 Å². The molecule has 2 aromatic carbocycles. The maximum atomic E-state index is 5.92. The molecule has 0 saturated heterocycles. The van der Waals surface area contributed by atoms with E-state index in [-0.39, 0.29) is 0 Å². The normalized spacial score (nSPS) is 11.4. The molecule has 3 N–H and O–H groups in total. The van der Waals surface area contributed by atoms with Crippen LogP contribution in [0.2, 0.25) is 0 Å². The summed E-state index contributed by atoms with van der Waals surface area (Å²) in [6.45, 7) is 4.86. The van der Waals surface area contributed by atoms with Crippen LogP contribution in [0.15, 0.2) is 53.5 Å². The molecule has 0 radical (unpaired) electrons. The quantitative estimate of drug-likeness (QED) is 0.658. The Morgan fingerprint density at radius 3 is 2.60 bits per heavy atom. The van der Waals surface area contributed by atoms with Crippen molar-refractivity contribution in [2.45, 2.75) is 26.8 Å². The first-order valence-corrected chi connectivity index (χ1v) is 6.89. The van der Waals surface area contributed by atoms with Crippen LogP contribution in [0.25, 0.3) is 0 Å². The van der Waals surface area contributed by atoms with Crippen LogP contribution in [0.3, 0.4) is 0 Å². The maximum absolute atomic E-state index is 5.92. The molecule has 0 atom stereocenters. The van der Waals surface area contributed by atoms with Gasteiger partial charge < -0.3 is 11.1 Å². The average Bonchev–Trinajstić information content (AvgIpc) is 2.48. The number of rotatable bonds is 4. The van der Waals surface area contributed by atoms with Gasteiger partial charge in [-0.15, -0.1) is 0 Å². The van der Waals surface area contributed by atoms with Crippen molar-refractivity contribution in [1.82, 2.24) is 0 Å². The summed E-state index contributed by atoms with van der Waals surface area (Å²) in [6.07, 6.45) is 1.02. The summed E-state index contributed by atoms with van der Waals surface area (Å²) in [4.78, 5) is 4.35. The van der Waals surface area contributed by atoms with Gasteiger partial charge in [0.1, 0.15) is 0 Å². The van der Waals surface area contributed by atoms with Crippen LogP contribution in [0, 0.1) is 6.92 Å². The van der Waals surface area contributed by atoms with Gasteiger partial charge in [0.15, 0.2) is 5.96 Å². The zero-order valence-corrected chi connectivity index (χ0v) is 12.1. The fraction of sp³-hybridized carbons (Fsp3) is 0.235. The molecule has 0 aromatic heterocycles. The Kier molecular flexibility index (Phi) is 4.77. The largest absolute Gasteiger partial charge is 0.370 e. The lowest BCUT2D eigenvalue weighted by atomic mass is 10.1. The Morgan fingerprint density at radius 1 is 1.15 bits per heavy atom. The zero-order chi connectivity index (χ0) is 14.4. The number of anilines is 1. The van der Waals surface area contributed by atoms with Gasteiger partial charge in [-0.25, -0.2) is 4.99 Å². The second kappa shape index (κ2) is 6.75. The molecule has 3 nitrogen and oxygen atoms in total. The predicted octanol–water partition coefficient (Wildman–Crippen LogP) is 3.48. The molecule has 104 valence electrons. The van der Waals surface area contributed by atoms with E-state index in [9.17, 15) is 0 Å². The topological polar surface area (TPSA) is 50.4 Å². The summed E-state index contributed by atoms with van der Waals surface area (Å²) in [5.41, 5.74) is 10.7. The number of guanidine groups is 1. The summed E-state index contributed by atoms with van der Waals surface area (Å²) in [6, 6.07) is 16.3. The van der Waals surface area contributed by atoms with Crippen molar-refractivity contribution in [1.29, 1.82) is 0 Å². The second-order valence-electron chi connectivity index (χ2n) is 4.81. The Hall–Kier alpha value is -2.29. The number of hydrogen-bond acceptors (Lipinski definition) is 1. The summed E-state index contributed by atoms with van der Waals surface area (Å²) < 4.78 is 0. The molecule has 0 amide bonds. The first-order valence-electron chi connectivity index (χ1n) is 6.89. The Bertz CT molecular complexity index is 588. The molecule has 0 spiro atoms. The molecule has 0 bridgehead atoms. The number of nitrogens with one attached hydrogen (secondary N) is 1. The fourth-order valence-electron chi connectivity index (χ4n) is 2.08. The molecule has 3 heteroatoms. The summed E-state index contributed by atoms with van der Waals surface area (Å²) in [5, 5.41) is 3.14. The minimum Gasteiger partial charge on any atom is -0.370 e. The van der Waals surface area contributed by atoms with Crippen molar-refractivity contribution < 1.29 is 0 Å². The maximum Gasteiger partial charge on any atom is 0.193 e. The van der Waals surface area contributed by atoms with Crippen molar-refractivity contribution in [2.75, 3.05) is 5.32 Å². The molecule has 0 heterocycles. The smallest absolute Gasteiger partial charge is 0.193 e. The van der Waals surface area contributed by atoms with Crippen molar-refractivity contribution in [3.8, 4) is 0 Å². The van der Waals surface area contributed by atoms with Gasteiger partial charge in [-0.3, -0.25) is 0 Å². The highest BCUT2D eigenvalue weighted by molar-refractivity contribution is 5.92. The molecule has 2 rings (SSSR count). The van der Waals surface area contributed by atoms with Crippen molar-refractivity contribution in [3.63, 3.8) is 0 Å². The lowest BCUT2D eigenvalue weighted by molar-refractivity contribution is 1.06. The van der Waals surface area contributed by atoms with Gasteiger partial charge in [0.25, 0.3) is 0 Å². The van der Waals surface area contributed by atoms with Crippen LogP contribution < -0.4 is 11.1 Å². The van der Waals surface area contributed by atoms with E-state index in [1.54, 1.807) is 0 Å². The lowest BCUT2D eigenvalue weighted by Gasteiger charge is -2.09. The third-order valence-corrected chi connectivity index (χ3v) is 3.28. The van der Waals surface area contributed by atoms with E-state index in [1.165, 1.54) is 11.1 Å². The van der Waals surface area contributed by atoms with Crippen LogP contribution >= 0.6 is 0 Å². The molecular formula is C17H21N3. The monoisotopic (exact) mass is 267 g/mol. The van der Waals surface area contributed by atoms with Gasteiger partial charge in [0, 0.05) is 5.69 Å². The number of aliphatic imine (C=N–C) groups is 1. The zero-order valence-electron chi connectivity index (χ0n) is 12.1. The Labute approximate surface area is 120 Å². The van der Waals surface area contributed by atoms with Crippen molar-refractivity contribution in [2.24, 2.45) is 10.7 Å². The highest BCUT2D eigenvalue weighted by atomic mass is 15.1. The number of nitrogens with zero attached hydrogens (tertiary/aromatic N) is 1. The summed E-state index contributed by atoms with van der Waals surface area (Å²) in [5.74, 6) is 0.444. The Balaban J connectivity index is 2.02. The van der Waals surface area contributed by atoms with E-state index in [0.29, 0.717) is 12.5 Å². The van der Waals surface area contributed by atoms with Gasteiger partial charge in [-0.1, -0.05) is 43.3 Å². The molecule has 2 aromatic rings. The predicted molar refractivity (Wildman–Crippen MR) is 85.9 cm³/mol. The lowest BCUT2D eigenvalue weighted by Crippen LogP contribution is -2.22. The Morgan fingerprint density at radius 2 is 1.90 bits per heavy atom. The SMILES string of the molecule is CCc1cc(NC(N)=NCc2ccccc2)ccc1C. The first-order chi connectivity index (χ1) is 9.69. The van der Waals surface area contributed by atoms with Crippen molar-refractivity contribution >= 4 is 11.6 Å². The molecular weight excluding hydrogens is 246 g/mol. The third kappa shape index (κ3) is 3.85. The van der Waals surface area contributed by atoms with Gasteiger partial charge in [-0.2, -0.15) is 0 Å². The van der Waals surface area contributed by atoms with E-state index in [2.05, 4.69) is 36.3 Å². The van der Waals surface area contributed by atoms with Gasteiger partial charge >= 0.3 is 0 Å². The van der Waals surface area contributed by atoms with E-state index in [4.69, 9.17) is 5.73 Å².